The van der Waals surface area contributed by atoms with Gasteiger partial charge in [-0.3, -0.25) is 9.59 Å². The molecular formula is C22H39N3O2. The maximum Gasteiger partial charge on any atom is 0.245 e. The molecule has 0 aromatic rings. The molecular weight excluding hydrogens is 338 g/mol. The monoisotopic (exact) mass is 377 g/mol. The summed E-state index contributed by atoms with van der Waals surface area (Å²) in [6.07, 6.45) is 9.35. The van der Waals surface area contributed by atoms with E-state index in [1.807, 2.05) is 25.7 Å². The molecule has 2 aliphatic carbocycles. The quantitative estimate of drug-likeness (QED) is 0.790. The standard InChI is InChI=1S/C22H39N3O2/c1-14-17-12-8-11-16(17)13-25(14)21(27)19(22(2,3)4)24-20(26)18(23)15-9-6-5-7-10-15/h14-19H,5-13,23H2,1-4H3,(H,24,26). The molecule has 0 aromatic carbocycles. The fraction of sp³-hybridized carbons (Fsp3) is 0.909. The van der Waals surface area contributed by atoms with Crippen molar-refractivity contribution >= 4 is 11.8 Å². The van der Waals surface area contributed by atoms with Crippen molar-refractivity contribution in [3.05, 3.63) is 0 Å². The van der Waals surface area contributed by atoms with Crippen LogP contribution in [0.2, 0.25) is 0 Å². The summed E-state index contributed by atoms with van der Waals surface area (Å²) >= 11 is 0. The van der Waals surface area contributed by atoms with Gasteiger partial charge in [0.25, 0.3) is 0 Å². The van der Waals surface area contributed by atoms with E-state index in [1.54, 1.807) is 0 Å². The predicted octanol–water partition coefficient (Wildman–Crippen LogP) is 3.07. The Kier molecular flexibility index (Phi) is 6.19. The van der Waals surface area contributed by atoms with Gasteiger partial charge in [-0.1, -0.05) is 46.5 Å². The lowest BCUT2D eigenvalue weighted by molar-refractivity contribution is -0.141. The molecule has 1 heterocycles. The molecule has 5 unspecified atom stereocenters. The van der Waals surface area contributed by atoms with Crippen molar-refractivity contribution in [3.8, 4) is 0 Å². The summed E-state index contributed by atoms with van der Waals surface area (Å²) in [5.41, 5.74) is 5.97. The molecule has 0 spiro atoms. The third kappa shape index (κ3) is 4.33. The Morgan fingerprint density at radius 2 is 1.70 bits per heavy atom. The Labute approximate surface area is 164 Å². The zero-order valence-corrected chi connectivity index (χ0v) is 17.7. The van der Waals surface area contributed by atoms with Crippen LogP contribution >= 0.6 is 0 Å². The third-order valence-electron chi connectivity index (χ3n) is 7.40. The number of carbonyl (C=O) groups is 2. The highest BCUT2D eigenvalue weighted by molar-refractivity contribution is 5.90. The van der Waals surface area contributed by atoms with Gasteiger partial charge < -0.3 is 16.0 Å². The Morgan fingerprint density at radius 3 is 2.30 bits per heavy atom. The van der Waals surface area contributed by atoms with Gasteiger partial charge in [0.2, 0.25) is 11.8 Å². The number of hydrogen-bond acceptors (Lipinski definition) is 3. The second-order valence-electron chi connectivity index (χ2n) is 10.3. The van der Waals surface area contributed by atoms with E-state index in [4.69, 9.17) is 5.73 Å². The zero-order chi connectivity index (χ0) is 19.8. The van der Waals surface area contributed by atoms with Crippen molar-refractivity contribution in [1.82, 2.24) is 10.2 Å². The Morgan fingerprint density at radius 1 is 1.04 bits per heavy atom. The second-order valence-corrected chi connectivity index (χ2v) is 10.3. The first-order chi connectivity index (χ1) is 12.7. The van der Waals surface area contributed by atoms with Crippen LogP contribution in [0.1, 0.15) is 79.1 Å². The smallest absolute Gasteiger partial charge is 0.245 e. The van der Waals surface area contributed by atoms with Crippen molar-refractivity contribution in [1.29, 1.82) is 0 Å². The van der Waals surface area contributed by atoms with Gasteiger partial charge in [-0.25, -0.2) is 0 Å². The Hall–Kier alpha value is -1.10. The molecule has 5 nitrogen and oxygen atoms in total. The van der Waals surface area contributed by atoms with Crippen LogP contribution in [0, 0.1) is 23.2 Å². The summed E-state index contributed by atoms with van der Waals surface area (Å²) < 4.78 is 0. The van der Waals surface area contributed by atoms with E-state index in [0.717, 1.165) is 32.2 Å². The van der Waals surface area contributed by atoms with E-state index in [9.17, 15) is 9.59 Å². The van der Waals surface area contributed by atoms with Crippen molar-refractivity contribution in [2.24, 2.45) is 28.9 Å². The number of nitrogens with two attached hydrogens (primary N) is 1. The molecule has 3 fully saturated rings. The van der Waals surface area contributed by atoms with Crippen molar-refractivity contribution in [2.75, 3.05) is 6.54 Å². The molecule has 0 bridgehead atoms. The molecule has 3 N–H and O–H groups in total. The van der Waals surface area contributed by atoms with Crippen molar-refractivity contribution < 1.29 is 9.59 Å². The van der Waals surface area contributed by atoms with E-state index >= 15 is 0 Å². The average Bonchev–Trinajstić information content (AvgIpc) is 3.21. The van der Waals surface area contributed by atoms with Gasteiger partial charge in [-0.05, 0) is 55.8 Å². The third-order valence-corrected chi connectivity index (χ3v) is 7.40. The zero-order valence-electron chi connectivity index (χ0n) is 17.7. The topological polar surface area (TPSA) is 75.4 Å². The van der Waals surface area contributed by atoms with E-state index < -0.39 is 12.1 Å². The van der Waals surface area contributed by atoms with E-state index in [2.05, 4.69) is 12.2 Å². The molecule has 154 valence electrons. The molecule has 5 atom stereocenters. The molecule has 1 saturated heterocycles. The minimum absolute atomic E-state index is 0.0774. The minimum Gasteiger partial charge on any atom is -0.342 e. The number of nitrogens with zero attached hydrogens (tertiary/aromatic N) is 1. The second kappa shape index (κ2) is 8.10. The van der Waals surface area contributed by atoms with Gasteiger partial charge in [0, 0.05) is 12.6 Å². The maximum atomic E-state index is 13.4. The molecule has 1 aliphatic heterocycles. The highest BCUT2D eigenvalue weighted by Gasteiger charge is 2.47. The normalized spacial score (nSPS) is 31.4. The first-order valence-corrected chi connectivity index (χ1v) is 11.1. The van der Waals surface area contributed by atoms with Gasteiger partial charge in [-0.15, -0.1) is 0 Å². The first kappa shape index (κ1) is 20.6. The molecule has 3 rings (SSSR count). The summed E-state index contributed by atoms with van der Waals surface area (Å²) in [5.74, 6) is 1.45. The highest BCUT2D eigenvalue weighted by atomic mass is 16.2. The van der Waals surface area contributed by atoms with Crippen molar-refractivity contribution in [3.63, 3.8) is 0 Å². The predicted molar refractivity (Wildman–Crippen MR) is 108 cm³/mol. The van der Waals surface area contributed by atoms with Crippen LogP contribution in [0.4, 0.5) is 0 Å². The lowest BCUT2D eigenvalue weighted by Gasteiger charge is -2.37. The number of rotatable bonds is 4. The van der Waals surface area contributed by atoms with Crippen LogP contribution in [0.5, 0.6) is 0 Å². The molecule has 0 aromatic heterocycles. The largest absolute Gasteiger partial charge is 0.342 e. The molecule has 5 heteroatoms. The first-order valence-electron chi connectivity index (χ1n) is 11.1. The fourth-order valence-electron chi connectivity index (χ4n) is 5.63. The van der Waals surface area contributed by atoms with Gasteiger partial charge in [0.1, 0.15) is 6.04 Å². The maximum absolute atomic E-state index is 13.4. The number of hydrogen-bond donors (Lipinski definition) is 2. The van der Waals surface area contributed by atoms with Gasteiger partial charge >= 0.3 is 0 Å². The number of nitrogens with one attached hydrogen (secondary N) is 1. The number of carbonyl (C=O) groups excluding carboxylic acids is 2. The van der Waals surface area contributed by atoms with Gasteiger partial charge in [0.05, 0.1) is 6.04 Å². The van der Waals surface area contributed by atoms with Gasteiger partial charge in [0.15, 0.2) is 0 Å². The lowest BCUT2D eigenvalue weighted by atomic mass is 9.82. The van der Waals surface area contributed by atoms with Crippen LogP contribution < -0.4 is 11.1 Å². The van der Waals surface area contributed by atoms with E-state index in [1.165, 1.54) is 25.7 Å². The van der Waals surface area contributed by atoms with Crippen LogP contribution in [0.3, 0.4) is 0 Å². The van der Waals surface area contributed by atoms with Crippen molar-refractivity contribution in [2.45, 2.75) is 97.2 Å². The fourth-order valence-corrected chi connectivity index (χ4v) is 5.63. The molecule has 0 radical (unpaired) electrons. The summed E-state index contributed by atoms with van der Waals surface area (Å²) in [6.45, 7) is 9.13. The number of likely N-dealkylation sites (tertiary alicyclic amines) is 1. The summed E-state index contributed by atoms with van der Waals surface area (Å²) in [6, 6.07) is -0.738. The minimum atomic E-state index is -0.513. The van der Waals surface area contributed by atoms with E-state index in [0.29, 0.717) is 11.8 Å². The number of fused-ring (bicyclic) bond motifs is 1. The number of amides is 2. The summed E-state index contributed by atoms with van der Waals surface area (Å²) in [5, 5.41) is 3.06. The lowest BCUT2D eigenvalue weighted by Crippen LogP contribution is -2.59. The Bertz CT molecular complexity index is 550. The highest BCUT2D eigenvalue weighted by Crippen LogP contribution is 2.42. The van der Waals surface area contributed by atoms with Crippen LogP contribution in [-0.4, -0.2) is 41.4 Å². The van der Waals surface area contributed by atoms with Crippen LogP contribution in [0.15, 0.2) is 0 Å². The molecule has 27 heavy (non-hydrogen) atoms. The van der Waals surface area contributed by atoms with E-state index in [-0.39, 0.29) is 29.2 Å². The molecule has 3 aliphatic rings. The van der Waals surface area contributed by atoms with Gasteiger partial charge in [-0.2, -0.15) is 0 Å². The SMILES string of the molecule is CC1C2CCCC2CN1C(=O)C(NC(=O)C(N)C1CCCCC1)C(C)(C)C. The summed E-state index contributed by atoms with van der Waals surface area (Å²) in [4.78, 5) is 28.4. The summed E-state index contributed by atoms with van der Waals surface area (Å²) in [7, 11) is 0. The molecule has 2 amide bonds. The molecule has 2 saturated carbocycles. The average molecular weight is 378 g/mol. The van der Waals surface area contributed by atoms with Crippen LogP contribution in [-0.2, 0) is 9.59 Å². The van der Waals surface area contributed by atoms with Crippen LogP contribution in [0.25, 0.3) is 0 Å². The Balaban J connectivity index is 1.68.